The van der Waals surface area contributed by atoms with Crippen molar-refractivity contribution in [2.24, 2.45) is 17.3 Å². The van der Waals surface area contributed by atoms with E-state index in [0.29, 0.717) is 5.41 Å². The molecule has 0 N–H and O–H groups in total. The molecule has 3 unspecified atom stereocenters. The molecule has 0 heteroatoms. The molecule has 0 aromatic carbocycles. The van der Waals surface area contributed by atoms with Crippen LogP contribution in [0.4, 0.5) is 0 Å². The van der Waals surface area contributed by atoms with E-state index in [2.05, 4.69) is 27.7 Å². The van der Waals surface area contributed by atoms with Crippen molar-refractivity contribution in [3.63, 3.8) is 0 Å². The van der Waals surface area contributed by atoms with Gasteiger partial charge in [0.15, 0.2) is 0 Å². The summed E-state index contributed by atoms with van der Waals surface area (Å²) in [7, 11) is 0. The van der Waals surface area contributed by atoms with Crippen LogP contribution in [0.25, 0.3) is 0 Å². The smallest absolute Gasteiger partial charge is 0.0295 e. The lowest BCUT2D eigenvalue weighted by Crippen LogP contribution is -2.42. The summed E-state index contributed by atoms with van der Waals surface area (Å²) in [6, 6.07) is 0. The first-order valence-electron chi connectivity index (χ1n) is 5.10. The second-order valence-corrected chi connectivity index (χ2v) is 4.73. The zero-order chi connectivity index (χ0) is 8.48. The SMILES string of the molecule is CCCCC1(C)CC(C)C1C. The maximum absolute atomic E-state index is 2.47. The van der Waals surface area contributed by atoms with Gasteiger partial charge in [0, 0.05) is 0 Å². The molecule has 1 rings (SSSR count). The highest BCUT2D eigenvalue weighted by Crippen LogP contribution is 2.53. The van der Waals surface area contributed by atoms with Gasteiger partial charge >= 0.3 is 0 Å². The Balaban J connectivity index is 2.32. The molecule has 0 aromatic rings. The molecule has 1 aliphatic rings. The minimum Gasteiger partial charge on any atom is -0.0654 e. The molecular weight excluding hydrogens is 132 g/mol. The Morgan fingerprint density at radius 3 is 2.36 bits per heavy atom. The van der Waals surface area contributed by atoms with Crippen molar-refractivity contribution in [1.29, 1.82) is 0 Å². The van der Waals surface area contributed by atoms with Gasteiger partial charge in [-0.2, -0.15) is 0 Å². The number of hydrogen-bond acceptors (Lipinski definition) is 0. The van der Waals surface area contributed by atoms with Crippen LogP contribution in [0, 0.1) is 17.3 Å². The summed E-state index contributed by atoms with van der Waals surface area (Å²) in [5, 5.41) is 0. The van der Waals surface area contributed by atoms with Gasteiger partial charge in [-0.25, -0.2) is 0 Å². The van der Waals surface area contributed by atoms with Gasteiger partial charge in [0.25, 0.3) is 0 Å². The standard InChI is InChI=1S/C11H22/c1-5-6-7-11(4)8-9(2)10(11)3/h9-10H,5-8H2,1-4H3. The van der Waals surface area contributed by atoms with Gasteiger partial charge in [-0.15, -0.1) is 0 Å². The molecule has 0 aliphatic heterocycles. The third-order valence-corrected chi connectivity index (χ3v) is 3.84. The summed E-state index contributed by atoms with van der Waals surface area (Å²) in [5.41, 5.74) is 0.704. The summed E-state index contributed by atoms with van der Waals surface area (Å²) >= 11 is 0. The molecule has 0 saturated heterocycles. The lowest BCUT2D eigenvalue weighted by molar-refractivity contribution is -0.0129. The maximum Gasteiger partial charge on any atom is -0.0295 e. The Morgan fingerprint density at radius 1 is 1.36 bits per heavy atom. The second-order valence-electron chi connectivity index (χ2n) is 4.73. The van der Waals surface area contributed by atoms with Crippen LogP contribution in [0.3, 0.4) is 0 Å². The van der Waals surface area contributed by atoms with Crippen LogP contribution in [0.15, 0.2) is 0 Å². The normalized spacial score (nSPS) is 43.6. The van der Waals surface area contributed by atoms with Crippen molar-refractivity contribution in [3.8, 4) is 0 Å². The molecule has 1 fully saturated rings. The average Bonchev–Trinajstić information content (AvgIpc) is 2.00. The average molecular weight is 154 g/mol. The summed E-state index contributed by atoms with van der Waals surface area (Å²) in [4.78, 5) is 0. The van der Waals surface area contributed by atoms with E-state index >= 15 is 0 Å². The predicted octanol–water partition coefficient (Wildman–Crippen LogP) is 3.86. The Kier molecular flexibility index (Phi) is 2.61. The van der Waals surface area contributed by atoms with Gasteiger partial charge in [-0.1, -0.05) is 40.5 Å². The largest absolute Gasteiger partial charge is 0.0654 e. The van der Waals surface area contributed by atoms with Crippen LogP contribution in [-0.2, 0) is 0 Å². The Morgan fingerprint density at radius 2 is 2.00 bits per heavy atom. The summed E-state index contributed by atoms with van der Waals surface area (Å²) in [6.07, 6.45) is 5.70. The van der Waals surface area contributed by atoms with Crippen molar-refractivity contribution < 1.29 is 0 Å². The third-order valence-electron chi connectivity index (χ3n) is 3.84. The van der Waals surface area contributed by atoms with Crippen LogP contribution in [0.5, 0.6) is 0 Å². The molecule has 0 radical (unpaired) electrons. The molecule has 0 heterocycles. The molecular formula is C11H22. The van der Waals surface area contributed by atoms with E-state index in [1.165, 1.54) is 25.7 Å². The highest BCUT2D eigenvalue weighted by atomic mass is 14.5. The highest BCUT2D eigenvalue weighted by Gasteiger charge is 2.44. The van der Waals surface area contributed by atoms with Gasteiger partial charge in [-0.3, -0.25) is 0 Å². The Hall–Kier alpha value is 0. The van der Waals surface area contributed by atoms with Crippen LogP contribution in [0.2, 0.25) is 0 Å². The fourth-order valence-corrected chi connectivity index (χ4v) is 2.53. The zero-order valence-electron chi connectivity index (χ0n) is 8.48. The molecule has 3 atom stereocenters. The highest BCUT2D eigenvalue weighted by molar-refractivity contribution is 4.93. The van der Waals surface area contributed by atoms with E-state index < -0.39 is 0 Å². The fraction of sp³-hybridized carbons (Fsp3) is 1.00. The van der Waals surface area contributed by atoms with E-state index in [0.717, 1.165) is 11.8 Å². The van der Waals surface area contributed by atoms with E-state index in [1.807, 2.05) is 0 Å². The number of rotatable bonds is 3. The van der Waals surface area contributed by atoms with Crippen molar-refractivity contribution >= 4 is 0 Å². The molecule has 0 amide bonds. The first-order chi connectivity index (χ1) is 5.10. The Bertz CT molecular complexity index is 128. The minimum atomic E-state index is 0.704. The first-order valence-corrected chi connectivity index (χ1v) is 5.10. The molecule has 66 valence electrons. The van der Waals surface area contributed by atoms with E-state index in [1.54, 1.807) is 0 Å². The van der Waals surface area contributed by atoms with E-state index in [4.69, 9.17) is 0 Å². The van der Waals surface area contributed by atoms with Gasteiger partial charge in [0.2, 0.25) is 0 Å². The molecule has 0 nitrogen and oxygen atoms in total. The molecule has 0 aromatic heterocycles. The molecule has 1 aliphatic carbocycles. The van der Waals surface area contributed by atoms with Crippen LogP contribution in [0.1, 0.15) is 53.4 Å². The fourth-order valence-electron chi connectivity index (χ4n) is 2.53. The van der Waals surface area contributed by atoms with Gasteiger partial charge in [-0.05, 0) is 30.1 Å². The maximum atomic E-state index is 2.47. The minimum absolute atomic E-state index is 0.704. The molecule has 1 saturated carbocycles. The summed E-state index contributed by atoms with van der Waals surface area (Å²) < 4.78 is 0. The molecule has 0 bridgehead atoms. The zero-order valence-corrected chi connectivity index (χ0v) is 8.48. The topological polar surface area (TPSA) is 0 Å². The van der Waals surface area contributed by atoms with Crippen LogP contribution >= 0.6 is 0 Å². The molecule has 0 spiro atoms. The first kappa shape index (κ1) is 9.09. The number of unbranched alkanes of at least 4 members (excludes halogenated alkanes) is 1. The van der Waals surface area contributed by atoms with Crippen LogP contribution < -0.4 is 0 Å². The van der Waals surface area contributed by atoms with Crippen molar-refractivity contribution in [2.45, 2.75) is 53.4 Å². The van der Waals surface area contributed by atoms with Crippen LogP contribution in [-0.4, -0.2) is 0 Å². The second kappa shape index (κ2) is 3.16. The quantitative estimate of drug-likeness (QED) is 0.579. The third kappa shape index (κ3) is 1.60. The lowest BCUT2D eigenvalue weighted by Gasteiger charge is -2.51. The van der Waals surface area contributed by atoms with Gasteiger partial charge < -0.3 is 0 Å². The van der Waals surface area contributed by atoms with Crippen molar-refractivity contribution in [2.75, 3.05) is 0 Å². The van der Waals surface area contributed by atoms with Gasteiger partial charge in [0.1, 0.15) is 0 Å². The van der Waals surface area contributed by atoms with E-state index in [9.17, 15) is 0 Å². The van der Waals surface area contributed by atoms with Crippen molar-refractivity contribution in [1.82, 2.24) is 0 Å². The van der Waals surface area contributed by atoms with E-state index in [-0.39, 0.29) is 0 Å². The van der Waals surface area contributed by atoms with Gasteiger partial charge in [0.05, 0.1) is 0 Å². The monoisotopic (exact) mass is 154 g/mol. The summed E-state index contributed by atoms with van der Waals surface area (Å²) in [6.45, 7) is 9.56. The summed E-state index contributed by atoms with van der Waals surface area (Å²) in [5.74, 6) is 1.95. The Labute approximate surface area is 71.4 Å². The lowest BCUT2D eigenvalue weighted by atomic mass is 9.54. The number of hydrogen-bond donors (Lipinski definition) is 0. The predicted molar refractivity (Wildman–Crippen MR) is 50.6 cm³/mol. The molecule has 11 heavy (non-hydrogen) atoms. The van der Waals surface area contributed by atoms with Crippen molar-refractivity contribution in [3.05, 3.63) is 0 Å².